The van der Waals surface area contributed by atoms with Crippen molar-refractivity contribution in [2.24, 2.45) is 0 Å². The number of rotatable bonds is 6. The van der Waals surface area contributed by atoms with Crippen LogP contribution in [-0.4, -0.2) is 28.2 Å². The van der Waals surface area contributed by atoms with Gasteiger partial charge in [-0.25, -0.2) is 0 Å². The standard InChI is InChI=1S/C10H18O3/c1-3-4-5-6-9(12)7-10(13)8(2)11/h4-5,8-9,11-12H,3,6-7H2,1-2H3/b5-4+. The topological polar surface area (TPSA) is 57.5 Å². The van der Waals surface area contributed by atoms with Gasteiger partial charge in [-0.15, -0.1) is 0 Å². The van der Waals surface area contributed by atoms with Gasteiger partial charge in [0.1, 0.15) is 6.10 Å². The normalized spacial score (nSPS) is 16.0. The van der Waals surface area contributed by atoms with Gasteiger partial charge >= 0.3 is 0 Å². The molecule has 0 fully saturated rings. The molecule has 0 amide bonds. The van der Waals surface area contributed by atoms with Crippen molar-refractivity contribution in [2.45, 2.75) is 45.3 Å². The Morgan fingerprint density at radius 3 is 2.46 bits per heavy atom. The van der Waals surface area contributed by atoms with Crippen molar-refractivity contribution in [2.75, 3.05) is 0 Å². The van der Waals surface area contributed by atoms with Gasteiger partial charge < -0.3 is 10.2 Å². The van der Waals surface area contributed by atoms with Gasteiger partial charge in [0.05, 0.1) is 6.10 Å². The molecular weight excluding hydrogens is 168 g/mol. The Morgan fingerprint density at radius 2 is 2.00 bits per heavy atom. The van der Waals surface area contributed by atoms with Crippen LogP contribution in [0.1, 0.15) is 33.1 Å². The van der Waals surface area contributed by atoms with E-state index >= 15 is 0 Å². The average Bonchev–Trinajstić information content (AvgIpc) is 2.04. The van der Waals surface area contributed by atoms with E-state index in [9.17, 15) is 9.90 Å². The molecule has 2 atom stereocenters. The van der Waals surface area contributed by atoms with E-state index in [4.69, 9.17) is 5.11 Å². The first-order valence-corrected chi connectivity index (χ1v) is 4.61. The van der Waals surface area contributed by atoms with Crippen LogP contribution in [0.5, 0.6) is 0 Å². The smallest absolute Gasteiger partial charge is 0.163 e. The van der Waals surface area contributed by atoms with Crippen molar-refractivity contribution in [1.29, 1.82) is 0 Å². The fourth-order valence-corrected chi connectivity index (χ4v) is 0.906. The van der Waals surface area contributed by atoms with E-state index in [1.54, 1.807) is 0 Å². The fraction of sp³-hybridized carbons (Fsp3) is 0.700. The Kier molecular flexibility index (Phi) is 6.45. The molecule has 0 aromatic carbocycles. The van der Waals surface area contributed by atoms with Gasteiger partial charge in [0.15, 0.2) is 5.78 Å². The highest BCUT2D eigenvalue weighted by Crippen LogP contribution is 2.02. The molecule has 0 rings (SSSR count). The molecule has 13 heavy (non-hydrogen) atoms. The van der Waals surface area contributed by atoms with Crippen LogP contribution in [0.25, 0.3) is 0 Å². The van der Waals surface area contributed by atoms with E-state index in [1.165, 1.54) is 6.92 Å². The van der Waals surface area contributed by atoms with Gasteiger partial charge in [-0.2, -0.15) is 0 Å². The van der Waals surface area contributed by atoms with E-state index < -0.39 is 12.2 Å². The Labute approximate surface area is 79.1 Å². The van der Waals surface area contributed by atoms with Gasteiger partial charge in [-0.3, -0.25) is 4.79 Å². The van der Waals surface area contributed by atoms with E-state index in [2.05, 4.69) is 0 Å². The summed E-state index contributed by atoms with van der Waals surface area (Å²) in [5.41, 5.74) is 0. The van der Waals surface area contributed by atoms with Crippen LogP contribution in [0.4, 0.5) is 0 Å². The van der Waals surface area contributed by atoms with Gasteiger partial charge in [0.25, 0.3) is 0 Å². The quantitative estimate of drug-likeness (QED) is 0.609. The van der Waals surface area contributed by atoms with Gasteiger partial charge in [-0.1, -0.05) is 19.1 Å². The molecule has 0 heterocycles. The van der Waals surface area contributed by atoms with Crippen LogP contribution in [-0.2, 0) is 4.79 Å². The first-order valence-electron chi connectivity index (χ1n) is 4.61. The predicted molar refractivity (Wildman–Crippen MR) is 51.4 cm³/mol. The Morgan fingerprint density at radius 1 is 1.38 bits per heavy atom. The number of hydrogen-bond acceptors (Lipinski definition) is 3. The minimum absolute atomic E-state index is 0.0335. The van der Waals surface area contributed by atoms with Crippen molar-refractivity contribution in [3.05, 3.63) is 12.2 Å². The van der Waals surface area contributed by atoms with Gasteiger partial charge in [-0.05, 0) is 19.8 Å². The van der Waals surface area contributed by atoms with E-state index in [0.29, 0.717) is 6.42 Å². The molecule has 0 saturated carbocycles. The summed E-state index contributed by atoms with van der Waals surface area (Å²) in [5, 5.41) is 18.2. The minimum Gasteiger partial charge on any atom is -0.392 e. The lowest BCUT2D eigenvalue weighted by molar-refractivity contribution is -0.128. The molecule has 0 spiro atoms. The predicted octanol–water partition coefficient (Wildman–Crippen LogP) is 1.04. The molecule has 0 aliphatic carbocycles. The Bertz CT molecular complexity index is 173. The zero-order valence-electron chi connectivity index (χ0n) is 8.23. The van der Waals surface area contributed by atoms with Crippen LogP contribution in [0.2, 0.25) is 0 Å². The van der Waals surface area contributed by atoms with Crippen LogP contribution in [0, 0.1) is 0 Å². The number of ketones is 1. The van der Waals surface area contributed by atoms with Crippen molar-refractivity contribution in [3.8, 4) is 0 Å². The highest BCUT2D eigenvalue weighted by atomic mass is 16.3. The molecule has 0 saturated heterocycles. The average molecular weight is 186 g/mol. The second kappa shape index (κ2) is 6.80. The first-order chi connectivity index (χ1) is 6.07. The summed E-state index contributed by atoms with van der Waals surface area (Å²) in [6.07, 6.45) is 3.60. The maximum atomic E-state index is 11.0. The van der Waals surface area contributed by atoms with Crippen molar-refractivity contribution in [3.63, 3.8) is 0 Å². The highest BCUT2D eigenvalue weighted by molar-refractivity contribution is 5.82. The number of hydrogen-bond donors (Lipinski definition) is 2. The molecule has 3 nitrogen and oxygen atoms in total. The van der Waals surface area contributed by atoms with Crippen molar-refractivity contribution < 1.29 is 15.0 Å². The van der Waals surface area contributed by atoms with Crippen LogP contribution < -0.4 is 0 Å². The Balaban J connectivity index is 3.67. The lowest BCUT2D eigenvalue weighted by Crippen LogP contribution is -2.21. The number of aliphatic hydroxyl groups is 2. The summed E-state index contributed by atoms with van der Waals surface area (Å²) in [4.78, 5) is 11.0. The van der Waals surface area contributed by atoms with Crippen molar-refractivity contribution >= 4 is 5.78 Å². The molecule has 0 aliphatic rings. The first kappa shape index (κ1) is 12.3. The van der Waals surface area contributed by atoms with Gasteiger partial charge in [0, 0.05) is 6.42 Å². The second-order valence-electron chi connectivity index (χ2n) is 3.12. The summed E-state index contributed by atoms with van der Waals surface area (Å²) >= 11 is 0. The number of carbonyl (C=O) groups excluding carboxylic acids is 1. The lowest BCUT2D eigenvalue weighted by Gasteiger charge is -2.08. The monoisotopic (exact) mass is 186 g/mol. The van der Waals surface area contributed by atoms with E-state index in [1.807, 2.05) is 19.1 Å². The molecule has 0 radical (unpaired) electrons. The zero-order chi connectivity index (χ0) is 10.3. The Hall–Kier alpha value is -0.670. The van der Waals surface area contributed by atoms with Crippen LogP contribution >= 0.6 is 0 Å². The third-order valence-corrected chi connectivity index (χ3v) is 1.71. The zero-order valence-corrected chi connectivity index (χ0v) is 8.23. The molecular formula is C10H18O3. The molecule has 0 aromatic heterocycles. The highest BCUT2D eigenvalue weighted by Gasteiger charge is 2.13. The summed E-state index contributed by atoms with van der Waals surface area (Å²) in [6.45, 7) is 3.42. The van der Waals surface area contributed by atoms with Crippen LogP contribution in [0.3, 0.4) is 0 Å². The van der Waals surface area contributed by atoms with Crippen molar-refractivity contribution in [1.82, 2.24) is 0 Å². The SMILES string of the molecule is CC/C=C/CC(O)CC(=O)C(C)O. The summed E-state index contributed by atoms with van der Waals surface area (Å²) in [6, 6.07) is 0. The molecule has 0 bridgehead atoms. The maximum Gasteiger partial charge on any atom is 0.163 e. The third-order valence-electron chi connectivity index (χ3n) is 1.71. The minimum atomic E-state index is -0.968. The molecule has 2 unspecified atom stereocenters. The second-order valence-corrected chi connectivity index (χ2v) is 3.12. The van der Waals surface area contributed by atoms with Gasteiger partial charge in [0.2, 0.25) is 0 Å². The molecule has 0 aromatic rings. The fourth-order valence-electron chi connectivity index (χ4n) is 0.906. The third kappa shape index (κ3) is 6.49. The van der Waals surface area contributed by atoms with E-state index in [-0.39, 0.29) is 12.2 Å². The molecule has 3 heteroatoms. The summed E-state index contributed by atoms with van der Waals surface area (Å²) in [7, 11) is 0. The number of Topliss-reactive ketones (excluding diaryl/α,β-unsaturated/α-hetero) is 1. The molecule has 0 aliphatic heterocycles. The number of aliphatic hydroxyl groups excluding tert-OH is 2. The largest absolute Gasteiger partial charge is 0.392 e. The molecule has 2 N–H and O–H groups in total. The van der Waals surface area contributed by atoms with E-state index in [0.717, 1.165) is 6.42 Å². The number of carbonyl (C=O) groups is 1. The maximum absolute atomic E-state index is 11.0. The summed E-state index contributed by atoms with van der Waals surface area (Å²) < 4.78 is 0. The lowest BCUT2D eigenvalue weighted by atomic mass is 10.1. The molecule has 76 valence electrons. The summed E-state index contributed by atoms with van der Waals surface area (Å²) in [5.74, 6) is -0.308. The number of allylic oxidation sites excluding steroid dienone is 1. The van der Waals surface area contributed by atoms with Crippen LogP contribution in [0.15, 0.2) is 12.2 Å².